The summed E-state index contributed by atoms with van der Waals surface area (Å²) in [4.78, 5) is 16.6. The summed E-state index contributed by atoms with van der Waals surface area (Å²) in [6.45, 7) is 5.86. The first-order chi connectivity index (χ1) is 8.65. The number of hydrogen-bond donors (Lipinski definition) is 0. The fourth-order valence-corrected chi connectivity index (χ4v) is 2.40. The van der Waals surface area contributed by atoms with Crippen molar-refractivity contribution in [2.24, 2.45) is 0 Å². The van der Waals surface area contributed by atoms with Crippen molar-refractivity contribution < 1.29 is 4.79 Å². The topological polar surface area (TPSA) is 23.6 Å². The van der Waals surface area contributed by atoms with Crippen LogP contribution >= 0.6 is 0 Å². The lowest BCUT2D eigenvalue weighted by molar-refractivity contribution is -0.120. The zero-order chi connectivity index (χ0) is 13.0. The molecule has 1 aromatic carbocycles. The number of carbonyl (C=O) groups is 1. The van der Waals surface area contributed by atoms with Gasteiger partial charge < -0.3 is 4.90 Å². The molecule has 0 spiro atoms. The van der Waals surface area contributed by atoms with Crippen LogP contribution in [0.15, 0.2) is 30.3 Å². The monoisotopic (exact) mass is 246 g/mol. The average Bonchev–Trinajstić information content (AvgIpc) is 2.35. The van der Waals surface area contributed by atoms with E-state index in [-0.39, 0.29) is 0 Å². The molecule has 1 aliphatic heterocycles. The molecule has 0 aromatic heterocycles. The van der Waals surface area contributed by atoms with Crippen molar-refractivity contribution in [2.45, 2.75) is 19.4 Å². The van der Waals surface area contributed by atoms with E-state index in [0.29, 0.717) is 24.8 Å². The first kappa shape index (κ1) is 13.2. The van der Waals surface area contributed by atoms with Gasteiger partial charge in [0.2, 0.25) is 0 Å². The highest BCUT2D eigenvalue weighted by molar-refractivity contribution is 5.82. The van der Waals surface area contributed by atoms with Crippen molar-refractivity contribution in [3.8, 4) is 0 Å². The lowest BCUT2D eigenvalue weighted by Crippen LogP contribution is -2.51. The van der Waals surface area contributed by atoms with Crippen LogP contribution in [0.1, 0.15) is 12.5 Å². The van der Waals surface area contributed by atoms with Gasteiger partial charge in [0, 0.05) is 32.1 Å². The molecule has 3 nitrogen and oxygen atoms in total. The van der Waals surface area contributed by atoms with Crippen molar-refractivity contribution in [3.63, 3.8) is 0 Å². The largest absolute Gasteiger partial charge is 0.301 e. The molecule has 1 saturated heterocycles. The molecule has 1 atom stereocenters. The number of nitrogens with zero attached hydrogens (tertiary/aromatic N) is 2. The second-order valence-electron chi connectivity index (χ2n) is 5.27. The summed E-state index contributed by atoms with van der Waals surface area (Å²) in [6.07, 6.45) is 0.557. The van der Waals surface area contributed by atoms with Crippen LogP contribution in [0, 0.1) is 0 Å². The molecule has 1 heterocycles. The van der Waals surface area contributed by atoms with Gasteiger partial charge in [-0.1, -0.05) is 30.3 Å². The van der Waals surface area contributed by atoms with Gasteiger partial charge >= 0.3 is 0 Å². The van der Waals surface area contributed by atoms with Crippen LogP contribution in [-0.2, 0) is 11.2 Å². The molecule has 0 bridgehead atoms. The fraction of sp³-hybridized carbons (Fsp3) is 0.533. The number of rotatable bonds is 4. The molecule has 98 valence electrons. The standard InChI is InChI=1S/C15H22N2O/c1-13-11-17(9-8-16(13)2)12-15(18)10-14-6-4-3-5-7-14/h3-7,13H,8-12H2,1-2H3. The molecule has 1 aliphatic rings. The van der Waals surface area contributed by atoms with Gasteiger partial charge in [0.1, 0.15) is 0 Å². The molecule has 0 N–H and O–H groups in total. The third-order valence-electron chi connectivity index (χ3n) is 3.69. The van der Waals surface area contributed by atoms with Crippen LogP contribution in [0.25, 0.3) is 0 Å². The molecule has 1 unspecified atom stereocenters. The summed E-state index contributed by atoms with van der Waals surface area (Å²) in [6, 6.07) is 10.5. The Morgan fingerprint density at radius 3 is 2.67 bits per heavy atom. The molecule has 1 aromatic rings. The number of Topliss-reactive ketones (excluding diaryl/α,β-unsaturated/α-hetero) is 1. The Morgan fingerprint density at radius 1 is 1.28 bits per heavy atom. The van der Waals surface area contributed by atoms with Crippen molar-refractivity contribution in [1.29, 1.82) is 0 Å². The number of benzene rings is 1. The molecule has 0 aliphatic carbocycles. The molecule has 0 saturated carbocycles. The first-order valence-electron chi connectivity index (χ1n) is 6.63. The van der Waals surface area contributed by atoms with Crippen molar-refractivity contribution >= 4 is 5.78 Å². The second kappa shape index (κ2) is 6.12. The zero-order valence-corrected chi connectivity index (χ0v) is 11.3. The summed E-state index contributed by atoms with van der Waals surface area (Å²) >= 11 is 0. The van der Waals surface area contributed by atoms with Crippen molar-refractivity contribution in [3.05, 3.63) is 35.9 Å². The number of piperazine rings is 1. The predicted molar refractivity (Wildman–Crippen MR) is 73.7 cm³/mol. The quantitative estimate of drug-likeness (QED) is 0.803. The molecular formula is C15H22N2O. The number of likely N-dealkylation sites (N-methyl/N-ethyl adjacent to an activating group) is 1. The van der Waals surface area contributed by atoms with Crippen LogP contribution in [0.2, 0.25) is 0 Å². The summed E-state index contributed by atoms with van der Waals surface area (Å²) in [5, 5.41) is 0. The highest BCUT2D eigenvalue weighted by Gasteiger charge is 2.21. The Kier molecular flexibility index (Phi) is 4.50. The van der Waals surface area contributed by atoms with Crippen LogP contribution in [0.3, 0.4) is 0 Å². The maximum absolute atomic E-state index is 12.0. The Morgan fingerprint density at radius 2 is 2.00 bits per heavy atom. The van der Waals surface area contributed by atoms with Gasteiger partial charge in [-0.05, 0) is 19.5 Å². The summed E-state index contributed by atoms with van der Waals surface area (Å²) < 4.78 is 0. The summed E-state index contributed by atoms with van der Waals surface area (Å²) in [7, 11) is 2.15. The first-order valence-corrected chi connectivity index (χ1v) is 6.63. The highest BCUT2D eigenvalue weighted by Crippen LogP contribution is 2.08. The molecular weight excluding hydrogens is 224 g/mol. The van der Waals surface area contributed by atoms with Gasteiger partial charge in [0.15, 0.2) is 5.78 Å². The van der Waals surface area contributed by atoms with E-state index in [1.54, 1.807) is 0 Å². The Labute approximate surface area is 109 Å². The summed E-state index contributed by atoms with van der Waals surface area (Å²) in [5.74, 6) is 0.318. The number of carbonyl (C=O) groups excluding carboxylic acids is 1. The minimum absolute atomic E-state index is 0.318. The van der Waals surface area contributed by atoms with Gasteiger partial charge in [-0.25, -0.2) is 0 Å². The lowest BCUT2D eigenvalue weighted by Gasteiger charge is -2.37. The van der Waals surface area contributed by atoms with E-state index in [1.807, 2.05) is 30.3 Å². The Hall–Kier alpha value is -1.19. The maximum Gasteiger partial charge on any atom is 0.151 e. The molecule has 2 rings (SSSR count). The van der Waals surface area contributed by atoms with Gasteiger partial charge in [-0.15, -0.1) is 0 Å². The smallest absolute Gasteiger partial charge is 0.151 e. The van der Waals surface area contributed by atoms with Crippen LogP contribution < -0.4 is 0 Å². The molecule has 18 heavy (non-hydrogen) atoms. The van der Waals surface area contributed by atoms with E-state index in [0.717, 1.165) is 25.2 Å². The number of ketones is 1. The third-order valence-corrected chi connectivity index (χ3v) is 3.69. The fourth-order valence-electron chi connectivity index (χ4n) is 2.40. The lowest BCUT2D eigenvalue weighted by atomic mass is 10.1. The van der Waals surface area contributed by atoms with E-state index in [2.05, 4.69) is 23.8 Å². The predicted octanol–water partition coefficient (Wildman–Crippen LogP) is 1.43. The van der Waals surface area contributed by atoms with E-state index >= 15 is 0 Å². The van der Waals surface area contributed by atoms with E-state index in [1.165, 1.54) is 0 Å². The summed E-state index contributed by atoms with van der Waals surface area (Å²) in [5.41, 5.74) is 1.12. The normalized spacial score (nSPS) is 22.0. The minimum Gasteiger partial charge on any atom is -0.301 e. The maximum atomic E-state index is 12.0. The number of hydrogen-bond acceptors (Lipinski definition) is 3. The van der Waals surface area contributed by atoms with Crippen molar-refractivity contribution in [1.82, 2.24) is 9.80 Å². The highest BCUT2D eigenvalue weighted by atomic mass is 16.1. The van der Waals surface area contributed by atoms with E-state index in [9.17, 15) is 4.79 Å². The zero-order valence-electron chi connectivity index (χ0n) is 11.3. The van der Waals surface area contributed by atoms with Crippen molar-refractivity contribution in [2.75, 3.05) is 33.2 Å². The van der Waals surface area contributed by atoms with Crippen LogP contribution in [0.4, 0.5) is 0 Å². The van der Waals surface area contributed by atoms with Crippen LogP contribution in [-0.4, -0.2) is 54.9 Å². The third kappa shape index (κ3) is 3.65. The minimum atomic E-state index is 0.318. The van der Waals surface area contributed by atoms with E-state index in [4.69, 9.17) is 0 Å². The SMILES string of the molecule is CC1CN(CC(=O)Cc2ccccc2)CCN1C. The molecule has 0 radical (unpaired) electrons. The van der Waals surface area contributed by atoms with Gasteiger partial charge in [-0.2, -0.15) is 0 Å². The van der Waals surface area contributed by atoms with E-state index < -0.39 is 0 Å². The molecule has 3 heteroatoms. The molecule has 1 fully saturated rings. The molecule has 0 amide bonds. The average molecular weight is 246 g/mol. The van der Waals surface area contributed by atoms with Gasteiger partial charge in [-0.3, -0.25) is 9.69 Å². The van der Waals surface area contributed by atoms with Gasteiger partial charge in [0.25, 0.3) is 0 Å². The Balaban J connectivity index is 1.81. The van der Waals surface area contributed by atoms with Gasteiger partial charge in [0.05, 0.1) is 6.54 Å². The van der Waals surface area contributed by atoms with Crippen LogP contribution in [0.5, 0.6) is 0 Å². The Bertz CT molecular complexity index is 391. The second-order valence-corrected chi connectivity index (χ2v) is 5.27.